The quantitative estimate of drug-likeness (QED) is 0.423. The molecule has 0 aliphatic carbocycles. The van der Waals surface area contributed by atoms with Crippen molar-refractivity contribution in [2.24, 2.45) is 0 Å². The van der Waals surface area contributed by atoms with Crippen molar-refractivity contribution in [1.82, 2.24) is 14.7 Å². The van der Waals surface area contributed by atoms with Gasteiger partial charge in [-0.3, -0.25) is 19.5 Å². The lowest BCUT2D eigenvalue weighted by molar-refractivity contribution is 0.0717. The molecule has 6 nitrogen and oxygen atoms in total. The number of aromatic nitrogens is 2. The maximum absolute atomic E-state index is 13.2. The van der Waals surface area contributed by atoms with Gasteiger partial charge in [-0.25, -0.2) is 4.68 Å². The lowest BCUT2D eigenvalue weighted by Gasteiger charge is -2.20. The van der Waals surface area contributed by atoms with Gasteiger partial charge in [0.15, 0.2) is 5.78 Å². The third-order valence-corrected chi connectivity index (χ3v) is 5.92. The average molecular weight is 468 g/mol. The van der Waals surface area contributed by atoms with Crippen LogP contribution < -0.4 is 5.56 Å². The molecule has 0 fully saturated rings. The first kappa shape index (κ1) is 24.5. The lowest BCUT2D eigenvalue weighted by Crippen LogP contribution is -2.37. The molecule has 2 aromatic carbocycles. The maximum Gasteiger partial charge on any atom is 0.282 e. The van der Waals surface area contributed by atoms with Crippen molar-refractivity contribution in [3.63, 3.8) is 0 Å². The van der Waals surface area contributed by atoms with E-state index in [0.717, 1.165) is 19.3 Å². The van der Waals surface area contributed by atoms with Crippen LogP contribution in [0, 0.1) is 0 Å². The van der Waals surface area contributed by atoms with Gasteiger partial charge in [-0.15, -0.1) is 0 Å². The SMILES string of the molecule is CCCCc1ccc(C(=O)N(CC)CC(=O)c2c(CC)[nH]n(-c3cccc(Cl)c3)c2=O)cc1. The Hall–Kier alpha value is -3.12. The van der Waals surface area contributed by atoms with Crippen LogP contribution >= 0.6 is 11.6 Å². The summed E-state index contributed by atoms with van der Waals surface area (Å²) in [5.74, 6) is -0.611. The molecule has 0 spiro atoms. The number of amides is 1. The zero-order chi connectivity index (χ0) is 24.0. The highest BCUT2D eigenvalue weighted by molar-refractivity contribution is 6.30. The van der Waals surface area contributed by atoms with Crippen LogP contribution in [0.25, 0.3) is 5.69 Å². The van der Waals surface area contributed by atoms with Gasteiger partial charge in [0.25, 0.3) is 11.5 Å². The number of aromatic amines is 1. The van der Waals surface area contributed by atoms with Gasteiger partial charge < -0.3 is 4.90 Å². The van der Waals surface area contributed by atoms with Crippen LogP contribution in [0.2, 0.25) is 5.02 Å². The monoisotopic (exact) mass is 467 g/mol. The van der Waals surface area contributed by atoms with E-state index in [0.29, 0.717) is 34.9 Å². The molecule has 0 aliphatic rings. The average Bonchev–Trinajstić information content (AvgIpc) is 3.17. The van der Waals surface area contributed by atoms with E-state index in [4.69, 9.17) is 11.6 Å². The zero-order valence-electron chi connectivity index (χ0n) is 19.4. The van der Waals surface area contributed by atoms with Crippen molar-refractivity contribution < 1.29 is 9.59 Å². The number of carbonyl (C=O) groups is 2. The summed E-state index contributed by atoms with van der Waals surface area (Å²) in [4.78, 5) is 40.8. The van der Waals surface area contributed by atoms with Crippen LogP contribution in [-0.2, 0) is 12.8 Å². The van der Waals surface area contributed by atoms with Crippen molar-refractivity contribution in [2.45, 2.75) is 46.5 Å². The van der Waals surface area contributed by atoms with Crippen LogP contribution in [0.5, 0.6) is 0 Å². The molecule has 3 rings (SSSR count). The molecule has 1 amide bonds. The van der Waals surface area contributed by atoms with Gasteiger partial charge in [-0.1, -0.05) is 50.1 Å². The summed E-state index contributed by atoms with van der Waals surface area (Å²) < 4.78 is 1.32. The highest BCUT2D eigenvalue weighted by atomic mass is 35.5. The van der Waals surface area contributed by atoms with Crippen LogP contribution in [0.4, 0.5) is 0 Å². The number of nitrogens with one attached hydrogen (secondary N) is 1. The molecule has 0 saturated heterocycles. The van der Waals surface area contributed by atoms with Gasteiger partial charge in [0, 0.05) is 22.8 Å². The van der Waals surface area contributed by atoms with Crippen molar-refractivity contribution in [2.75, 3.05) is 13.1 Å². The number of H-pyrrole nitrogens is 1. The highest BCUT2D eigenvalue weighted by Gasteiger charge is 2.25. The van der Waals surface area contributed by atoms with Gasteiger partial charge in [0.1, 0.15) is 5.56 Å². The van der Waals surface area contributed by atoms with E-state index in [-0.39, 0.29) is 23.8 Å². The van der Waals surface area contributed by atoms with Gasteiger partial charge in [0.05, 0.1) is 12.2 Å². The number of unbranched alkanes of at least 4 members (excludes halogenated alkanes) is 1. The minimum atomic E-state index is -0.442. The molecule has 0 unspecified atom stereocenters. The lowest BCUT2D eigenvalue weighted by atomic mass is 10.1. The smallest absolute Gasteiger partial charge is 0.282 e. The normalized spacial score (nSPS) is 10.9. The molecule has 0 atom stereocenters. The van der Waals surface area contributed by atoms with E-state index in [1.54, 1.807) is 36.4 Å². The molecule has 0 radical (unpaired) electrons. The number of benzene rings is 2. The predicted molar refractivity (Wildman–Crippen MR) is 132 cm³/mol. The Kier molecular flexibility index (Phi) is 8.28. The summed E-state index contributed by atoms with van der Waals surface area (Å²) in [6, 6.07) is 14.4. The number of hydrogen-bond acceptors (Lipinski definition) is 3. The second-order valence-electron chi connectivity index (χ2n) is 7.98. The second-order valence-corrected chi connectivity index (χ2v) is 8.42. The van der Waals surface area contributed by atoms with E-state index in [2.05, 4.69) is 12.0 Å². The third kappa shape index (κ3) is 5.63. The highest BCUT2D eigenvalue weighted by Crippen LogP contribution is 2.16. The fraction of sp³-hybridized carbons (Fsp3) is 0.346. The number of hydrogen-bond donors (Lipinski definition) is 1. The molecule has 0 saturated carbocycles. The number of likely N-dealkylation sites (N-methyl/N-ethyl adjacent to an activating group) is 1. The summed E-state index contributed by atoms with van der Waals surface area (Å²) in [5, 5.41) is 3.51. The molecule has 7 heteroatoms. The number of ketones is 1. The van der Waals surface area contributed by atoms with Crippen LogP contribution in [0.1, 0.15) is 65.6 Å². The van der Waals surface area contributed by atoms with Gasteiger partial charge in [0.2, 0.25) is 0 Å². The second kappa shape index (κ2) is 11.1. The Morgan fingerprint density at radius 2 is 1.79 bits per heavy atom. The van der Waals surface area contributed by atoms with E-state index in [9.17, 15) is 14.4 Å². The molecule has 3 aromatic rings. The summed E-state index contributed by atoms with van der Waals surface area (Å²) in [6.07, 6.45) is 3.67. The number of nitrogens with zero attached hydrogens (tertiary/aromatic N) is 2. The molecule has 0 bridgehead atoms. The van der Waals surface area contributed by atoms with Gasteiger partial charge >= 0.3 is 0 Å². The van der Waals surface area contributed by atoms with Gasteiger partial charge in [-0.2, -0.15) is 0 Å². The van der Waals surface area contributed by atoms with Crippen molar-refractivity contribution >= 4 is 23.3 Å². The number of rotatable bonds is 10. The molecule has 1 heterocycles. The van der Waals surface area contributed by atoms with Gasteiger partial charge in [-0.05, 0) is 62.1 Å². The summed E-state index contributed by atoms with van der Waals surface area (Å²) in [6.45, 7) is 6.03. The van der Waals surface area contributed by atoms with E-state index in [1.165, 1.54) is 15.1 Å². The number of aryl methyl sites for hydroxylation is 2. The number of carbonyl (C=O) groups excluding carboxylic acids is 2. The Morgan fingerprint density at radius 3 is 2.39 bits per heavy atom. The fourth-order valence-electron chi connectivity index (χ4n) is 3.78. The Morgan fingerprint density at radius 1 is 1.06 bits per heavy atom. The molecule has 1 N–H and O–H groups in total. The molecule has 174 valence electrons. The third-order valence-electron chi connectivity index (χ3n) is 5.69. The van der Waals surface area contributed by atoms with Crippen LogP contribution in [-0.4, -0.2) is 39.5 Å². The standard InChI is InChI=1S/C26H30ClN3O3/c1-4-7-9-18-12-14-19(15-13-18)25(32)29(6-3)17-23(31)24-22(5-2)28-30(26(24)33)21-11-8-10-20(27)16-21/h8,10-16,28H,4-7,9,17H2,1-3H3. The van der Waals surface area contributed by atoms with E-state index in [1.807, 2.05) is 26.0 Å². The predicted octanol–water partition coefficient (Wildman–Crippen LogP) is 5.07. The first-order chi connectivity index (χ1) is 15.9. The van der Waals surface area contributed by atoms with Crippen LogP contribution in [0.15, 0.2) is 53.3 Å². The Balaban J connectivity index is 1.83. The Labute approximate surface area is 199 Å². The molecule has 0 aliphatic heterocycles. The van der Waals surface area contributed by atoms with Crippen LogP contribution in [0.3, 0.4) is 0 Å². The minimum Gasteiger partial charge on any atom is -0.331 e. The fourth-order valence-corrected chi connectivity index (χ4v) is 3.96. The summed E-state index contributed by atoms with van der Waals surface area (Å²) in [5.41, 5.74) is 2.45. The molecular weight excluding hydrogens is 438 g/mol. The number of Topliss-reactive ketones (excluding diaryl/α,β-unsaturated/α-hetero) is 1. The Bertz CT molecular complexity index is 1180. The zero-order valence-corrected chi connectivity index (χ0v) is 20.1. The molecular formula is C26H30ClN3O3. The maximum atomic E-state index is 13.2. The largest absolute Gasteiger partial charge is 0.331 e. The van der Waals surface area contributed by atoms with Crippen molar-refractivity contribution in [1.29, 1.82) is 0 Å². The first-order valence-electron chi connectivity index (χ1n) is 11.4. The summed E-state index contributed by atoms with van der Waals surface area (Å²) >= 11 is 6.07. The molecule has 33 heavy (non-hydrogen) atoms. The molecule has 1 aromatic heterocycles. The van der Waals surface area contributed by atoms with E-state index < -0.39 is 5.56 Å². The van der Waals surface area contributed by atoms with E-state index >= 15 is 0 Å². The summed E-state index contributed by atoms with van der Waals surface area (Å²) in [7, 11) is 0. The first-order valence-corrected chi connectivity index (χ1v) is 11.8. The minimum absolute atomic E-state index is 0.0821. The number of halogens is 1. The topological polar surface area (TPSA) is 75.2 Å². The van der Waals surface area contributed by atoms with Crippen molar-refractivity contribution in [3.8, 4) is 5.69 Å². The van der Waals surface area contributed by atoms with Crippen molar-refractivity contribution in [3.05, 3.63) is 86.3 Å².